The summed E-state index contributed by atoms with van der Waals surface area (Å²) in [5.41, 5.74) is 5.54. The Morgan fingerprint density at radius 1 is 1.00 bits per heavy atom. The van der Waals surface area contributed by atoms with Gasteiger partial charge in [-0.2, -0.15) is 0 Å². The van der Waals surface area contributed by atoms with Crippen molar-refractivity contribution in [3.63, 3.8) is 0 Å². The molecule has 1 N–H and O–H groups in total. The number of rotatable bonds is 2. The van der Waals surface area contributed by atoms with Gasteiger partial charge in [-0.1, -0.05) is 56.3 Å². The average Bonchev–Trinajstić information content (AvgIpc) is 2.82. The Labute approximate surface area is 109 Å². The van der Waals surface area contributed by atoms with Gasteiger partial charge in [-0.15, -0.1) is 0 Å². The predicted molar refractivity (Wildman–Crippen MR) is 77.3 cm³/mol. The van der Waals surface area contributed by atoms with Gasteiger partial charge in [-0.3, -0.25) is 0 Å². The first-order valence-corrected chi connectivity index (χ1v) is 6.68. The molecule has 0 bridgehead atoms. The molecule has 0 radical (unpaired) electrons. The summed E-state index contributed by atoms with van der Waals surface area (Å²) < 4.78 is 0. The van der Waals surface area contributed by atoms with Crippen LogP contribution in [0.1, 0.15) is 42.4 Å². The molecule has 0 saturated carbocycles. The first kappa shape index (κ1) is 11.3. The zero-order valence-electron chi connectivity index (χ0n) is 11.0. The molecule has 1 atom stereocenters. The zero-order valence-corrected chi connectivity index (χ0v) is 11.0. The van der Waals surface area contributed by atoms with E-state index in [2.05, 4.69) is 67.7 Å². The molecule has 2 aromatic rings. The van der Waals surface area contributed by atoms with Crippen molar-refractivity contribution in [1.82, 2.24) is 0 Å². The summed E-state index contributed by atoms with van der Waals surface area (Å²) in [6.07, 6.45) is 0. The second-order valence-corrected chi connectivity index (χ2v) is 5.34. The normalized spacial score (nSPS) is 17.6. The molecule has 0 aliphatic carbocycles. The molecule has 18 heavy (non-hydrogen) atoms. The van der Waals surface area contributed by atoms with Crippen molar-refractivity contribution in [3.8, 4) is 0 Å². The van der Waals surface area contributed by atoms with Crippen LogP contribution in [0.15, 0.2) is 48.5 Å². The number of hydrogen-bond acceptors (Lipinski definition) is 1. The van der Waals surface area contributed by atoms with Crippen molar-refractivity contribution in [3.05, 3.63) is 65.2 Å². The lowest BCUT2D eigenvalue weighted by molar-refractivity contribution is 0.857. The molecule has 3 rings (SSSR count). The van der Waals surface area contributed by atoms with E-state index in [9.17, 15) is 0 Å². The summed E-state index contributed by atoms with van der Waals surface area (Å²) in [6, 6.07) is 17.7. The van der Waals surface area contributed by atoms with Crippen LogP contribution < -0.4 is 5.32 Å². The summed E-state index contributed by atoms with van der Waals surface area (Å²) in [5.74, 6) is 1.11. The summed E-state index contributed by atoms with van der Waals surface area (Å²) in [6.45, 7) is 5.49. The van der Waals surface area contributed by atoms with Gasteiger partial charge in [-0.05, 0) is 28.7 Å². The molecule has 1 aliphatic rings. The van der Waals surface area contributed by atoms with Gasteiger partial charge < -0.3 is 5.32 Å². The molecule has 0 fully saturated rings. The Balaban J connectivity index is 1.93. The Kier molecular flexibility index (Phi) is 2.83. The lowest BCUT2D eigenvalue weighted by Gasteiger charge is -2.12. The molecular formula is C17H19N. The molecule has 0 aromatic heterocycles. The number of benzene rings is 2. The van der Waals surface area contributed by atoms with E-state index in [1.54, 1.807) is 0 Å². The third-order valence-corrected chi connectivity index (χ3v) is 3.84. The van der Waals surface area contributed by atoms with Crippen LogP contribution in [0.5, 0.6) is 0 Å². The quantitative estimate of drug-likeness (QED) is 0.818. The van der Waals surface area contributed by atoms with Crippen molar-refractivity contribution < 1.29 is 0 Å². The van der Waals surface area contributed by atoms with Crippen molar-refractivity contribution in [2.75, 3.05) is 11.9 Å². The highest BCUT2D eigenvalue weighted by molar-refractivity contribution is 5.60. The van der Waals surface area contributed by atoms with Gasteiger partial charge in [0.05, 0.1) is 0 Å². The highest BCUT2D eigenvalue weighted by Crippen LogP contribution is 2.36. The Hall–Kier alpha value is -1.76. The molecule has 1 nitrogen and oxygen atoms in total. The van der Waals surface area contributed by atoms with Gasteiger partial charge in [0.1, 0.15) is 0 Å². The van der Waals surface area contributed by atoms with E-state index < -0.39 is 0 Å². The maximum Gasteiger partial charge on any atom is 0.0379 e. The fourth-order valence-corrected chi connectivity index (χ4v) is 2.69. The van der Waals surface area contributed by atoms with Crippen molar-refractivity contribution >= 4 is 5.69 Å². The number of hydrogen-bond donors (Lipinski definition) is 1. The van der Waals surface area contributed by atoms with E-state index in [0.29, 0.717) is 11.8 Å². The first-order chi connectivity index (χ1) is 8.75. The zero-order chi connectivity index (χ0) is 12.5. The summed E-state index contributed by atoms with van der Waals surface area (Å²) >= 11 is 0. The second-order valence-electron chi connectivity index (χ2n) is 5.34. The molecule has 92 valence electrons. The molecule has 1 unspecified atom stereocenters. The third-order valence-electron chi connectivity index (χ3n) is 3.84. The Morgan fingerprint density at radius 2 is 1.72 bits per heavy atom. The first-order valence-electron chi connectivity index (χ1n) is 6.68. The second kappa shape index (κ2) is 4.49. The van der Waals surface area contributed by atoms with E-state index in [4.69, 9.17) is 0 Å². The van der Waals surface area contributed by atoms with Crippen LogP contribution >= 0.6 is 0 Å². The van der Waals surface area contributed by atoms with Crippen molar-refractivity contribution in [2.24, 2.45) is 0 Å². The highest BCUT2D eigenvalue weighted by atomic mass is 14.9. The fourth-order valence-electron chi connectivity index (χ4n) is 2.69. The molecule has 2 aromatic carbocycles. The molecular weight excluding hydrogens is 218 g/mol. The predicted octanol–water partition coefficient (Wildman–Crippen LogP) is 4.37. The van der Waals surface area contributed by atoms with Gasteiger partial charge in [0.25, 0.3) is 0 Å². The maximum atomic E-state index is 3.49. The van der Waals surface area contributed by atoms with Crippen molar-refractivity contribution in [2.45, 2.75) is 25.7 Å². The molecule has 0 spiro atoms. The van der Waals surface area contributed by atoms with E-state index in [0.717, 1.165) is 6.54 Å². The minimum Gasteiger partial charge on any atom is -0.384 e. The van der Waals surface area contributed by atoms with Crippen LogP contribution in [0.2, 0.25) is 0 Å². The average molecular weight is 237 g/mol. The molecule has 1 aliphatic heterocycles. The van der Waals surface area contributed by atoms with Gasteiger partial charge in [0.2, 0.25) is 0 Å². The lowest BCUT2D eigenvalue weighted by atomic mass is 9.91. The number of anilines is 1. The van der Waals surface area contributed by atoms with Crippen molar-refractivity contribution in [1.29, 1.82) is 0 Å². The molecule has 0 amide bonds. The van der Waals surface area contributed by atoms with Crippen LogP contribution in [-0.2, 0) is 0 Å². The molecule has 0 saturated heterocycles. The summed E-state index contributed by atoms with van der Waals surface area (Å²) in [5, 5.41) is 3.49. The SMILES string of the molecule is CC(C)c1ccc(C2CNc3ccccc32)cc1. The monoisotopic (exact) mass is 237 g/mol. The van der Waals surface area contributed by atoms with Gasteiger partial charge >= 0.3 is 0 Å². The number of nitrogens with one attached hydrogen (secondary N) is 1. The molecule has 1 heteroatoms. The lowest BCUT2D eigenvalue weighted by Crippen LogP contribution is -2.03. The standard InChI is InChI=1S/C17H19N/c1-12(2)13-7-9-14(10-8-13)16-11-18-17-6-4-3-5-15(16)17/h3-10,12,16,18H,11H2,1-2H3. The van der Waals surface area contributed by atoms with Crippen LogP contribution in [-0.4, -0.2) is 6.54 Å². The largest absolute Gasteiger partial charge is 0.384 e. The minimum absolute atomic E-state index is 0.502. The van der Waals surface area contributed by atoms with Crippen LogP contribution in [0.25, 0.3) is 0 Å². The van der Waals surface area contributed by atoms with Gasteiger partial charge in [-0.25, -0.2) is 0 Å². The third kappa shape index (κ3) is 1.90. The van der Waals surface area contributed by atoms with E-state index in [-0.39, 0.29) is 0 Å². The Morgan fingerprint density at radius 3 is 2.44 bits per heavy atom. The van der Waals surface area contributed by atoms with Crippen LogP contribution in [0, 0.1) is 0 Å². The smallest absolute Gasteiger partial charge is 0.0379 e. The highest BCUT2D eigenvalue weighted by Gasteiger charge is 2.22. The fraction of sp³-hybridized carbons (Fsp3) is 0.294. The topological polar surface area (TPSA) is 12.0 Å². The van der Waals surface area contributed by atoms with E-state index >= 15 is 0 Å². The number of para-hydroxylation sites is 1. The summed E-state index contributed by atoms with van der Waals surface area (Å²) in [4.78, 5) is 0. The van der Waals surface area contributed by atoms with Gasteiger partial charge in [0.15, 0.2) is 0 Å². The number of fused-ring (bicyclic) bond motifs is 1. The van der Waals surface area contributed by atoms with E-state index in [1.807, 2.05) is 0 Å². The summed E-state index contributed by atoms with van der Waals surface area (Å²) in [7, 11) is 0. The van der Waals surface area contributed by atoms with E-state index in [1.165, 1.54) is 22.4 Å². The maximum absolute atomic E-state index is 3.49. The molecule has 1 heterocycles. The van der Waals surface area contributed by atoms with Crippen LogP contribution in [0.4, 0.5) is 5.69 Å². The Bertz CT molecular complexity index is 540. The van der Waals surface area contributed by atoms with Gasteiger partial charge in [0, 0.05) is 18.2 Å². The van der Waals surface area contributed by atoms with Crippen LogP contribution in [0.3, 0.4) is 0 Å². The minimum atomic E-state index is 0.502.